The molecule has 6 nitrogen and oxygen atoms in total. The lowest BCUT2D eigenvalue weighted by Crippen LogP contribution is -2.33. The number of ether oxygens (including phenoxy) is 1. The number of aromatic carboxylic acids is 1. The van der Waals surface area contributed by atoms with E-state index in [9.17, 15) is 14.0 Å². The number of likely N-dealkylation sites (tertiary alicyclic amines) is 1. The highest BCUT2D eigenvalue weighted by atomic mass is 19.1. The van der Waals surface area contributed by atoms with Gasteiger partial charge in [-0.1, -0.05) is 0 Å². The highest BCUT2D eigenvalue weighted by Gasteiger charge is 2.26. The first-order valence-electron chi connectivity index (χ1n) is 6.13. The molecule has 2 N–H and O–H groups in total. The number of anilines is 1. The van der Waals surface area contributed by atoms with Crippen molar-refractivity contribution in [3.05, 3.63) is 29.6 Å². The van der Waals surface area contributed by atoms with E-state index >= 15 is 0 Å². The minimum Gasteiger partial charge on any atom is -0.478 e. The number of carbonyl (C=O) groups excluding carboxylic acids is 1. The molecular formula is C13H15FN2O4. The molecule has 1 aliphatic rings. The van der Waals surface area contributed by atoms with Crippen LogP contribution >= 0.6 is 0 Å². The summed E-state index contributed by atoms with van der Waals surface area (Å²) in [5.41, 5.74) is -0.228. The molecule has 1 fully saturated rings. The zero-order valence-corrected chi connectivity index (χ0v) is 10.9. The van der Waals surface area contributed by atoms with E-state index in [-0.39, 0.29) is 17.8 Å². The fourth-order valence-electron chi connectivity index (χ4n) is 2.07. The van der Waals surface area contributed by atoms with Crippen LogP contribution in [0.2, 0.25) is 0 Å². The van der Waals surface area contributed by atoms with Gasteiger partial charge in [-0.15, -0.1) is 0 Å². The highest BCUT2D eigenvalue weighted by molar-refractivity contribution is 5.93. The van der Waals surface area contributed by atoms with Gasteiger partial charge < -0.3 is 20.1 Å². The van der Waals surface area contributed by atoms with E-state index in [1.54, 1.807) is 12.0 Å². The van der Waals surface area contributed by atoms with Crippen molar-refractivity contribution in [3.63, 3.8) is 0 Å². The van der Waals surface area contributed by atoms with Crippen LogP contribution in [0.1, 0.15) is 16.8 Å². The van der Waals surface area contributed by atoms with E-state index in [4.69, 9.17) is 9.84 Å². The molecule has 2 rings (SSSR count). The summed E-state index contributed by atoms with van der Waals surface area (Å²) in [6.07, 6.45) is 0.775. The van der Waals surface area contributed by atoms with E-state index in [1.165, 1.54) is 6.07 Å². The molecule has 108 valence electrons. The Labute approximate surface area is 115 Å². The highest BCUT2D eigenvalue weighted by Crippen LogP contribution is 2.17. The number of rotatable bonds is 3. The number of carbonyl (C=O) groups is 2. The fourth-order valence-corrected chi connectivity index (χ4v) is 2.07. The molecule has 0 aromatic heterocycles. The molecule has 1 saturated heterocycles. The first-order valence-corrected chi connectivity index (χ1v) is 6.13. The van der Waals surface area contributed by atoms with Gasteiger partial charge in [-0.2, -0.15) is 0 Å². The molecule has 0 aliphatic carbocycles. The smallest absolute Gasteiger partial charge is 0.338 e. The van der Waals surface area contributed by atoms with Crippen molar-refractivity contribution in [2.75, 3.05) is 25.5 Å². The maximum atomic E-state index is 13.2. The second-order valence-corrected chi connectivity index (χ2v) is 4.52. The fraction of sp³-hybridized carbons (Fsp3) is 0.385. The number of halogens is 1. The molecule has 0 radical (unpaired) electrons. The lowest BCUT2D eigenvalue weighted by atomic mass is 10.2. The third-order valence-electron chi connectivity index (χ3n) is 3.21. The Kier molecular flexibility index (Phi) is 4.19. The minimum atomic E-state index is -1.38. The number of amides is 2. The number of methoxy groups -OCH3 is 1. The van der Waals surface area contributed by atoms with Crippen molar-refractivity contribution in [1.29, 1.82) is 0 Å². The maximum absolute atomic E-state index is 13.2. The van der Waals surface area contributed by atoms with Gasteiger partial charge in [0, 0.05) is 25.9 Å². The van der Waals surface area contributed by atoms with Crippen molar-refractivity contribution in [2.24, 2.45) is 0 Å². The van der Waals surface area contributed by atoms with E-state index in [2.05, 4.69) is 5.32 Å². The number of carboxylic acid groups (broad SMARTS) is 1. The third-order valence-corrected chi connectivity index (χ3v) is 3.21. The number of hydrogen-bond donors (Lipinski definition) is 2. The Morgan fingerprint density at radius 1 is 1.50 bits per heavy atom. The van der Waals surface area contributed by atoms with Crippen LogP contribution in [0.5, 0.6) is 0 Å². The van der Waals surface area contributed by atoms with Crippen LogP contribution in [0.15, 0.2) is 18.2 Å². The predicted octanol–water partition coefficient (Wildman–Crippen LogP) is 1.78. The van der Waals surface area contributed by atoms with Gasteiger partial charge in [-0.25, -0.2) is 14.0 Å². The SMILES string of the molecule is COC1CCN(C(=O)Nc2ccc(F)c(C(=O)O)c2)C1. The molecule has 1 atom stereocenters. The van der Waals surface area contributed by atoms with Gasteiger partial charge in [0.15, 0.2) is 0 Å². The summed E-state index contributed by atoms with van der Waals surface area (Å²) in [6, 6.07) is 3.08. The van der Waals surface area contributed by atoms with Crippen LogP contribution in [0, 0.1) is 5.82 Å². The maximum Gasteiger partial charge on any atom is 0.338 e. The molecule has 2 amide bonds. The van der Waals surface area contributed by atoms with Gasteiger partial charge in [0.2, 0.25) is 0 Å². The van der Waals surface area contributed by atoms with Crippen LogP contribution < -0.4 is 5.32 Å². The summed E-state index contributed by atoms with van der Waals surface area (Å²) >= 11 is 0. The topological polar surface area (TPSA) is 78.9 Å². The Morgan fingerprint density at radius 3 is 2.85 bits per heavy atom. The molecule has 0 spiro atoms. The summed E-state index contributed by atoms with van der Waals surface area (Å²) in [6.45, 7) is 1.05. The minimum absolute atomic E-state index is 0.0172. The van der Waals surface area contributed by atoms with Crippen LogP contribution in [0.3, 0.4) is 0 Å². The Bertz CT molecular complexity index is 535. The average molecular weight is 282 g/mol. The van der Waals surface area contributed by atoms with Crippen molar-refractivity contribution >= 4 is 17.7 Å². The van der Waals surface area contributed by atoms with Crippen molar-refractivity contribution in [1.82, 2.24) is 4.90 Å². The summed E-state index contributed by atoms with van der Waals surface area (Å²) in [5.74, 6) is -2.21. The van der Waals surface area contributed by atoms with E-state index in [1.807, 2.05) is 0 Å². The van der Waals surface area contributed by atoms with Gasteiger partial charge in [-0.3, -0.25) is 0 Å². The molecule has 1 aromatic rings. The first-order chi connectivity index (χ1) is 9.51. The number of urea groups is 1. The molecule has 0 saturated carbocycles. The number of benzene rings is 1. The van der Waals surface area contributed by atoms with E-state index < -0.39 is 17.3 Å². The van der Waals surface area contributed by atoms with Crippen LogP contribution in [0.25, 0.3) is 0 Å². The quantitative estimate of drug-likeness (QED) is 0.885. The van der Waals surface area contributed by atoms with E-state index in [0.717, 1.165) is 18.6 Å². The second-order valence-electron chi connectivity index (χ2n) is 4.52. The van der Waals surface area contributed by atoms with Crippen LogP contribution in [-0.4, -0.2) is 48.3 Å². The molecule has 0 bridgehead atoms. The number of carboxylic acids is 1. The summed E-state index contributed by atoms with van der Waals surface area (Å²) in [5, 5.41) is 11.4. The number of nitrogens with one attached hydrogen (secondary N) is 1. The molecular weight excluding hydrogens is 267 g/mol. The molecule has 1 aliphatic heterocycles. The standard InChI is InChI=1S/C13H15FN2O4/c1-20-9-4-5-16(7-9)13(19)15-8-2-3-11(14)10(6-8)12(17)18/h2-3,6,9H,4-5,7H2,1H3,(H,15,19)(H,17,18). The zero-order valence-electron chi connectivity index (χ0n) is 10.9. The van der Waals surface area contributed by atoms with Gasteiger partial charge in [-0.05, 0) is 24.6 Å². The molecule has 1 aromatic carbocycles. The Balaban J connectivity index is 2.05. The van der Waals surface area contributed by atoms with Crippen LogP contribution in [-0.2, 0) is 4.74 Å². The molecule has 1 unspecified atom stereocenters. The predicted molar refractivity (Wildman–Crippen MR) is 69.4 cm³/mol. The Hall–Kier alpha value is -2.15. The van der Waals surface area contributed by atoms with Gasteiger partial charge >= 0.3 is 12.0 Å². The second kappa shape index (κ2) is 5.87. The summed E-state index contributed by atoms with van der Waals surface area (Å²) < 4.78 is 18.4. The number of nitrogens with zero attached hydrogens (tertiary/aromatic N) is 1. The van der Waals surface area contributed by atoms with Gasteiger partial charge in [0.05, 0.1) is 11.7 Å². The lowest BCUT2D eigenvalue weighted by molar-refractivity contribution is 0.0692. The van der Waals surface area contributed by atoms with Crippen LogP contribution in [0.4, 0.5) is 14.9 Å². The van der Waals surface area contributed by atoms with E-state index in [0.29, 0.717) is 13.1 Å². The normalized spacial score (nSPS) is 18.1. The molecule has 1 heterocycles. The zero-order chi connectivity index (χ0) is 14.7. The monoisotopic (exact) mass is 282 g/mol. The molecule has 20 heavy (non-hydrogen) atoms. The third kappa shape index (κ3) is 3.05. The van der Waals surface area contributed by atoms with Crippen molar-refractivity contribution < 1.29 is 23.8 Å². The Morgan fingerprint density at radius 2 is 2.25 bits per heavy atom. The number of hydrogen-bond acceptors (Lipinski definition) is 3. The van der Waals surface area contributed by atoms with Gasteiger partial charge in [0.25, 0.3) is 0 Å². The first kappa shape index (κ1) is 14.3. The van der Waals surface area contributed by atoms with Crippen molar-refractivity contribution in [3.8, 4) is 0 Å². The lowest BCUT2D eigenvalue weighted by Gasteiger charge is -2.17. The van der Waals surface area contributed by atoms with Gasteiger partial charge in [0.1, 0.15) is 5.82 Å². The summed E-state index contributed by atoms with van der Waals surface area (Å²) in [4.78, 5) is 24.3. The summed E-state index contributed by atoms with van der Waals surface area (Å²) in [7, 11) is 1.59. The largest absolute Gasteiger partial charge is 0.478 e. The average Bonchev–Trinajstić information content (AvgIpc) is 2.89. The van der Waals surface area contributed by atoms with Crippen molar-refractivity contribution in [2.45, 2.75) is 12.5 Å². The molecule has 7 heteroatoms.